The van der Waals surface area contributed by atoms with Crippen molar-refractivity contribution in [2.45, 2.75) is 6.92 Å². The summed E-state index contributed by atoms with van der Waals surface area (Å²) in [7, 11) is 0. The lowest BCUT2D eigenvalue weighted by Crippen LogP contribution is -2.15. The van der Waals surface area contributed by atoms with Gasteiger partial charge in [0.15, 0.2) is 5.82 Å². The van der Waals surface area contributed by atoms with Gasteiger partial charge in [0, 0.05) is 6.20 Å². The second-order valence-electron chi connectivity index (χ2n) is 5.08. The van der Waals surface area contributed by atoms with Crippen LogP contribution in [0.4, 0.5) is 16.0 Å². The standard InChI is InChI=1S/C16H13ClFN5O/c1-9-3-2-4-12(14(9)18)23-15(19)11(8-21-23)16(24)22-13-6-5-10(17)7-20-13/h2-8H,19H2,1H3,(H,20,22,24). The second kappa shape index (κ2) is 6.29. The number of aryl methyl sites for hydroxylation is 1. The first-order valence-corrected chi connectivity index (χ1v) is 7.37. The number of halogens is 2. The summed E-state index contributed by atoms with van der Waals surface area (Å²) in [4.78, 5) is 16.3. The first kappa shape index (κ1) is 15.9. The largest absolute Gasteiger partial charge is 0.383 e. The van der Waals surface area contributed by atoms with E-state index in [1.807, 2.05) is 0 Å². The Morgan fingerprint density at radius 1 is 1.29 bits per heavy atom. The minimum atomic E-state index is -0.498. The molecule has 0 bridgehead atoms. The number of carbonyl (C=O) groups excluding carboxylic acids is 1. The van der Waals surface area contributed by atoms with Crippen LogP contribution in [-0.2, 0) is 0 Å². The van der Waals surface area contributed by atoms with Gasteiger partial charge >= 0.3 is 0 Å². The zero-order valence-electron chi connectivity index (χ0n) is 12.6. The van der Waals surface area contributed by atoms with Crippen molar-refractivity contribution >= 4 is 29.1 Å². The van der Waals surface area contributed by atoms with Crippen LogP contribution in [0.15, 0.2) is 42.7 Å². The average molecular weight is 346 g/mol. The van der Waals surface area contributed by atoms with E-state index < -0.39 is 11.7 Å². The number of nitrogens with one attached hydrogen (secondary N) is 1. The molecule has 0 fully saturated rings. The number of benzene rings is 1. The van der Waals surface area contributed by atoms with Crippen molar-refractivity contribution < 1.29 is 9.18 Å². The van der Waals surface area contributed by atoms with Crippen molar-refractivity contribution in [3.05, 3.63) is 64.7 Å². The van der Waals surface area contributed by atoms with E-state index in [0.29, 0.717) is 16.4 Å². The Morgan fingerprint density at radius 3 is 2.79 bits per heavy atom. The van der Waals surface area contributed by atoms with E-state index in [9.17, 15) is 9.18 Å². The molecule has 2 heterocycles. The number of pyridine rings is 1. The fraction of sp³-hybridized carbons (Fsp3) is 0.0625. The van der Waals surface area contributed by atoms with Crippen LogP contribution < -0.4 is 11.1 Å². The SMILES string of the molecule is Cc1cccc(-n2ncc(C(=O)Nc3ccc(Cl)cn3)c2N)c1F. The Labute approximate surface area is 142 Å². The van der Waals surface area contributed by atoms with Crippen LogP contribution >= 0.6 is 11.6 Å². The van der Waals surface area contributed by atoms with Gasteiger partial charge in [-0.1, -0.05) is 23.7 Å². The number of aromatic nitrogens is 3. The Hall–Kier alpha value is -2.93. The van der Waals surface area contributed by atoms with Crippen molar-refractivity contribution in [1.29, 1.82) is 0 Å². The third-order valence-electron chi connectivity index (χ3n) is 3.42. The molecule has 0 atom stereocenters. The minimum Gasteiger partial charge on any atom is -0.383 e. The average Bonchev–Trinajstić information content (AvgIpc) is 2.94. The quantitative estimate of drug-likeness (QED) is 0.763. The normalized spacial score (nSPS) is 10.6. The summed E-state index contributed by atoms with van der Waals surface area (Å²) in [5.41, 5.74) is 6.72. The maximum atomic E-state index is 14.2. The van der Waals surface area contributed by atoms with Gasteiger partial charge in [0.1, 0.15) is 22.9 Å². The first-order valence-electron chi connectivity index (χ1n) is 6.99. The van der Waals surface area contributed by atoms with Gasteiger partial charge < -0.3 is 11.1 Å². The molecule has 0 aliphatic carbocycles. The maximum absolute atomic E-state index is 14.2. The zero-order chi connectivity index (χ0) is 17.3. The number of carbonyl (C=O) groups is 1. The molecule has 3 N–H and O–H groups in total. The highest BCUT2D eigenvalue weighted by atomic mass is 35.5. The monoisotopic (exact) mass is 345 g/mol. The predicted octanol–water partition coefficient (Wildman–Crippen LogP) is 3.20. The number of hydrogen-bond donors (Lipinski definition) is 2. The van der Waals surface area contributed by atoms with Crippen LogP contribution in [0, 0.1) is 12.7 Å². The highest BCUT2D eigenvalue weighted by Gasteiger charge is 2.18. The fourth-order valence-electron chi connectivity index (χ4n) is 2.15. The Bertz CT molecular complexity index is 907. The third kappa shape index (κ3) is 2.93. The molecule has 2 aromatic heterocycles. The Kier molecular flexibility index (Phi) is 4.18. The van der Waals surface area contributed by atoms with E-state index >= 15 is 0 Å². The van der Waals surface area contributed by atoms with E-state index in [4.69, 9.17) is 17.3 Å². The van der Waals surface area contributed by atoms with Crippen molar-refractivity contribution in [3.63, 3.8) is 0 Å². The number of hydrogen-bond acceptors (Lipinski definition) is 4. The summed E-state index contributed by atoms with van der Waals surface area (Å²) < 4.78 is 15.4. The number of rotatable bonds is 3. The number of anilines is 2. The molecule has 0 unspecified atom stereocenters. The molecule has 8 heteroatoms. The molecular formula is C16H13ClFN5O. The van der Waals surface area contributed by atoms with Crippen LogP contribution in [-0.4, -0.2) is 20.7 Å². The molecule has 1 aromatic carbocycles. The van der Waals surface area contributed by atoms with E-state index in [1.54, 1.807) is 31.2 Å². The van der Waals surface area contributed by atoms with Crippen molar-refractivity contribution in [3.8, 4) is 5.69 Å². The highest BCUT2D eigenvalue weighted by Crippen LogP contribution is 2.22. The van der Waals surface area contributed by atoms with Crippen LogP contribution in [0.3, 0.4) is 0 Å². The van der Waals surface area contributed by atoms with Crippen LogP contribution in [0.1, 0.15) is 15.9 Å². The Morgan fingerprint density at radius 2 is 2.08 bits per heavy atom. The van der Waals surface area contributed by atoms with Crippen LogP contribution in [0.25, 0.3) is 5.69 Å². The topological polar surface area (TPSA) is 85.8 Å². The minimum absolute atomic E-state index is 0.0333. The van der Waals surface area contributed by atoms with E-state index in [0.717, 1.165) is 0 Å². The molecule has 0 aliphatic heterocycles. The molecule has 3 aromatic rings. The predicted molar refractivity (Wildman–Crippen MR) is 89.9 cm³/mol. The van der Waals surface area contributed by atoms with Gasteiger partial charge in [0.05, 0.1) is 11.2 Å². The number of nitrogens with zero attached hydrogens (tertiary/aromatic N) is 3. The molecule has 122 valence electrons. The number of amides is 1. The molecule has 1 amide bonds. The summed E-state index contributed by atoms with van der Waals surface area (Å²) in [5.74, 6) is -0.593. The van der Waals surface area contributed by atoms with Gasteiger partial charge in [0.2, 0.25) is 0 Å². The fourth-order valence-corrected chi connectivity index (χ4v) is 2.27. The molecule has 3 rings (SSSR count). The van der Waals surface area contributed by atoms with Crippen molar-refractivity contribution in [1.82, 2.24) is 14.8 Å². The van der Waals surface area contributed by atoms with Gasteiger partial charge in [0.25, 0.3) is 5.91 Å². The molecular weight excluding hydrogens is 333 g/mol. The molecule has 0 radical (unpaired) electrons. The Balaban J connectivity index is 1.91. The number of nitrogen functional groups attached to an aromatic ring is 1. The van der Waals surface area contributed by atoms with Crippen LogP contribution in [0.5, 0.6) is 0 Å². The molecule has 0 spiro atoms. The van der Waals surface area contributed by atoms with Gasteiger partial charge in [-0.2, -0.15) is 5.10 Å². The van der Waals surface area contributed by atoms with Crippen LogP contribution in [0.2, 0.25) is 5.02 Å². The van der Waals surface area contributed by atoms with Gasteiger partial charge in [-0.05, 0) is 30.7 Å². The van der Waals surface area contributed by atoms with Gasteiger partial charge in [-0.15, -0.1) is 0 Å². The summed E-state index contributed by atoms with van der Waals surface area (Å²) in [5, 5.41) is 7.05. The zero-order valence-corrected chi connectivity index (χ0v) is 13.4. The molecule has 0 saturated carbocycles. The summed E-state index contributed by atoms with van der Waals surface area (Å²) >= 11 is 5.75. The van der Waals surface area contributed by atoms with Gasteiger partial charge in [-0.3, -0.25) is 4.79 Å². The highest BCUT2D eigenvalue weighted by molar-refractivity contribution is 6.30. The third-order valence-corrected chi connectivity index (χ3v) is 3.64. The summed E-state index contributed by atoms with van der Waals surface area (Å²) in [6, 6.07) is 8.01. The summed E-state index contributed by atoms with van der Waals surface area (Å²) in [6.07, 6.45) is 2.69. The maximum Gasteiger partial charge on any atom is 0.262 e. The lowest BCUT2D eigenvalue weighted by atomic mass is 10.2. The first-order chi connectivity index (χ1) is 11.5. The van der Waals surface area contributed by atoms with E-state index in [2.05, 4.69) is 15.4 Å². The number of nitrogens with two attached hydrogens (primary N) is 1. The van der Waals surface area contributed by atoms with Gasteiger partial charge in [-0.25, -0.2) is 14.1 Å². The van der Waals surface area contributed by atoms with E-state index in [1.165, 1.54) is 23.1 Å². The molecule has 0 saturated heterocycles. The van der Waals surface area contributed by atoms with Crippen molar-refractivity contribution in [2.75, 3.05) is 11.1 Å². The lowest BCUT2D eigenvalue weighted by molar-refractivity contribution is 0.102. The van der Waals surface area contributed by atoms with Crippen molar-refractivity contribution in [2.24, 2.45) is 0 Å². The smallest absolute Gasteiger partial charge is 0.262 e. The molecule has 24 heavy (non-hydrogen) atoms. The molecule has 0 aliphatic rings. The lowest BCUT2D eigenvalue weighted by Gasteiger charge is -2.08. The summed E-state index contributed by atoms with van der Waals surface area (Å²) in [6.45, 7) is 1.64. The van der Waals surface area contributed by atoms with E-state index in [-0.39, 0.29) is 17.1 Å². The molecule has 6 nitrogen and oxygen atoms in total. The second-order valence-corrected chi connectivity index (χ2v) is 5.52.